The Morgan fingerprint density at radius 2 is 1.43 bits per heavy atom. The molecule has 0 heterocycles. The minimum Gasteiger partial charge on any atom is -0.377 e. The third-order valence-corrected chi connectivity index (χ3v) is 6.47. The summed E-state index contributed by atoms with van der Waals surface area (Å²) in [4.78, 5) is 0. The molecule has 0 aliphatic rings. The van der Waals surface area contributed by atoms with E-state index < -0.39 is 8.32 Å². The van der Waals surface area contributed by atoms with Crippen LogP contribution < -0.4 is 0 Å². The predicted octanol–water partition coefficient (Wildman–Crippen LogP) is 0.923. The largest absolute Gasteiger partial charge is 0.457 e. The van der Waals surface area contributed by atoms with Crippen molar-refractivity contribution in [2.45, 2.75) is 34.6 Å². The molecule has 0 bridgehead atoms. The fourth-order valence-corrected chi connectivity index (χ4v) is 5.16. The minimum atomic E-state index is -2.22. The van der Waals surface area contributed by atoms with Gasteiger partial charge in [-0.1, -0.05) is 20.8 Å². The highest BCUT2D eigenvalue weighted by Crippen LogP contribution is 2.16. The molecule has 0 aromatic carbocycles. The summed E-state index contributed by atoms with van der Waals surface area (Å²) in [6.45, 7) is 12.5. The summed E-state index contributed by atoms with van der Waals surface area (Å²) in [5.41, 5.74) is 0.177. The van der Waals surface area contributed by atoms with Crippen LogP contribution in [0.5, 0.6) is 0 Å². The lowest BCUT2D eigenvalue weighted by molar-refractivity contribution is 0.0617. The van der Waals surface area contributed by atoms with Gasteiger partial charge in [0, 0.05) is 19.8 Å². The Morgan fingerprint density at radius 3 is 1.71 bits per heavy atom. The van der Waals surface area contributed by atoms with E-state index in [-0.39, 0.29) is 5.41 Å². The highest BCUT2D eigenvalue weighted by molar-refractivity contribution is 7.05. The molecule has 0 fully saturated rings. The van der Waals surface area contributed by atoms with Crippen molar-refractivity contribution < 1.29 is 13.3 Å². The standard InChI is InChI=1S/C9H24O3Si2/c1-6-10-14(13,11-7-2)12-8-9(3,4)5/h6-8H2,1-5,13H3. The van der Waals surface area contributed by atoms with E-state index in [1.165, 1.54) is 0 Å². The van der Waals surface area contributed by atoms with Gasteiger partial charge in [0.15, 0.2) is 0 Å². The lowest BCUT2D eigenvalue weighted by Gasteiger charge is -2.29. The van der Waals surface area contributed by atoms with Gasteiger partial charge in [0.25, 0.3) is 0 Å². The van der Waals surface area contributed by atoms with Crippen LogP contribution in [0.2, 0.25) is 0 Å². The van der Waals surface area contributed by atoms with E-state index in [2.05, 4.69) is 20.8 Å². The van der Waals surface area contributed by atoms with Gasteiger partial charge in [-0.05, 0) is 19.3 Å². The second kappa shape index (κ2) is 6.02. The average Bonchev–Trinajstić information content (AvgIpc) is 2.01. The maximum Gasteiger partial charge on any atom is 0.457 e. The van der Waals surface area contributed by atoms with Crippen molar-refractivity contribution in [3.63, 3.8) is 0 Å². The Kier molecular flexibility index (Phi) is 6.15. The molecule has 14 heavy (non-hydrogen) atoms. The van der Waals surface area contributed by atoms with Crippen molar-refractivity contribution in [3.8, 4) is 0 Å². The van der Waals surface area contributed by atoms with Crippen molar-refractivity contribution >= 4 is 18.1 Å². The van der Waals surface area contributed by atoms with E-state index in [0.717, 1.165) is 9.76 Å². The first-order valence-electron chi connectivity index (χ1n) is 5.25. The molecule has 0 saturated heterocycles. The molecule has 0 N–H and O–H groups in total. The highest BCUT2D eigenvalue weighted by atomic mass is 29.2. The molecule has 0 rings (SSSR count). The number of hydrogen-bond acceptors (Lipinski definition) is 3. The highest BCUT2D eigenvalue weighted by Gasteiger charge is 2.34. The molecule has 0 spiro atoms. The van der Waals surface area contributed by atoms with Gasteiger partial charge >= 0.3 is 8.32 Å². The normalized spacial score (nSPS) is 13.5. The molecule has 0 aliphatic heterocycles. The number of hydrogen-bond donors (Lipinski definition) is 0. The molecule has 0 aliphatic carbocycles. The van der Waals surface area contributed by atoms with Gasteiger partial charge in [0.2, 0.25) is 0 Å². The van der Waals surface area contributed by atoms with Crippen LogP contribution in [-0.2, 0) is 13.3 Å². The van der Waals surface area contributed by atoms with Crippen LogP contribution in [-0.4, -0.2) is 37.9 Å². The first-order valence-corrected chi connectivity index (χ1v) is 10.5. The fourth-order valence-electron chi connectivity index (χ4n) is 0.997. The second-order valence-electron chi connectivity index (χ2n) is 4.58. The topological polar surface area (TPSA) is 27.7 Å². The molecular formula is C9H24O3Si2. The summed E-state index contributed by atoms with van der Waals surface area (Å²) < 4.78 is 17.1. The van der Waals surface area contributed by atoms with Gasteiger partial charge in [0.1, 0.15) is 9.76 Å². The molecule has 3 nitrogen and oxygen atoms in total. The van der Waals surface area contributed by atoms with Crippen molar-refractivity contribution in [2.75, 3.05) is 19.8 Å². The van der Waals surface area contributed by atoms with Crippen LogP contribution in [0.1, 0.15) is 34.6 Å². The van der Waals surface area contributed by atoms with Crippen molar-refractivity contribution in [1.82, 2.24) is 0 Å². The van der Waals surface area contributed by atoms with Gasteiger partial charge < -0.3 is 13.3 Å². The van der Waals surface area contributed by atoms with Gasteiger partial charge in [-0.3, -0.25) is 0 Å². The van der Waals surface area contributed by atoms with Crippen LogP contribution >= 0.6 is 0 Å². The average molecular weight is 236 g/mol. The lowest BCUT2D eigenvalue weighted by Crippen LogP contribution is -2.48. The van der Waals surface area contributed by atoms with Crippen LogP contribution in [0.3, 0.4) is 0 Å². The molecule has 0 aromatic rings. The Bertz CT molecular complexity index is 151. The Balaban J connectivity index is 4.08. The van der Waals surface area contributed by atoms with E-state index in [1.807, 2.05) is 13.8 Å². The van der Waals surface area contributed by atoms with Gasteiger partial charge in [-0.25, -0.2) is 0 Å². The zero-order valence-electron chi connectivity index (χ0n) is 10.3. The smallest absolute Gasteiger partial charge is 0.377 e. The predicted molar refractivity (Wildman–Crippen MR) is 64.4 cm³/mol. The van der Waals surface area contributed by atoms with E-state index in [9.17, 15) is 0 Å². The van der Waals surface area contributed by atoms with Crippen LogP contribution in [0.25, 0.3) is 0 Å². The molecule has 0 atom stereocenters. The SMILES string of the molecule is CCO[Si]([SiH3])(OCC)OCC(C)(C)C. The van der Waals surface area contributed by atoms with E-state index in [1.54, 1.807) is 0 Å². The molecule has 5 heteroatoms. The minimum absolute atomic E-state index is 0.177. The molecule has 0 aromatic heterocycles. The molecule has 0 radical (unpaired) electrons. The first-order chi connectivity index (χ1) is 6.33. The van der Waals surface area contributed by atoms with Crippen LogP contribution in [0, 0.1) is 5.41 Å². The van der Waals surface area contributed by atoms with Crippen LogP contribution in [0.4, 0.5) is 0 Å². The van der Waals surface area contributed by atoms with Gasteiger partial charge in [-0.2, -0.15) is 0 Å². The Labute approximate surface area is 91.7 Å². The monoisotopic (exact) mass is 236 g/mol. The summed E-state index contributed by atoms with van der Waals surface area (Å²) in [7, 11) is -1.37. The summed E-state index contributed by atoms with van der Waals surface area (Å²) in [6, 6.07) is 0. The van der Waals surface area contributed by atoms with E-state index in [4.69, 9.17) is 13.3 Å². The summed E-state index contributed by atoms with van der Waals surface area (Å²) in [6.07, 6.45) is 0. The van der Waals surface area contributed by atoms with E-state index >= 15 is 0 Å². The Morgan fingerprint density at radius 1 is 1.00 bits per heavy atom. The first kappa shape index (κ1) is 14.3. The Hall–Kier alpha value is 0.314. The maximum absolute atomic E-state index is 5.83. The van der Waals surface area contributed by atoms with Crippen molar-refractivity contribution in [1.29, 1.82) is 0 Å². The summed E-state index contributed by atoms with van der Waals surface area (Å²) in [5, 5.41) is 0. The summed E-state index contributed by atoms with van der Waals surface area (Å²) in [5.74, 6) is 0. The quantitative estimate of drug-likeness (QED) is 0.642. The molecular weight excluding hydrogens is 212 g/mol. The van der Waals surface area contributed by atoms with Crippen molar-refractivity contribution in [2.24, 2.45) is 5.41 Å². The van der Waals surface area contributed by atoms with E-state index in [0.29, 0.717) is 19.8 Å². The molecule has 0 saturated carbocycles. The molecule has 86 valence electrons. The third-order valence-electron chi connectivity index (χ3n) is 1.58. The second-order valence-corrected chi connectivity index (χ2v) is 10.8. The maximum atomic E-state index is 5.83. The molecule has 0 unspecified atom stereocenters. The zero-order chi connectivity index (χ0) is 11.2. The van der Waals surface area contributed by atoms with Crippen molar-refractivity contribution in [3.05, 3.63) is 0 Å². The third kappa shape index (κ3) is 6.72. The van der Waals surface area contributed by atoms with Gasteiger partial charge in [-0.15, -0.1) is 0 Å². The summed E-state index contributed by atoms with van der Waals surface area (Å²) >= 11 is 0. The number of rotatable bonds is 6. The zero-order valence-corrected chi connectivity index (χ0v) is 13.3. The lowest BCUT2D eigenvalue weighted by atomic mass is 9.99. The van der Waals surface area contributed by atoms with Gasteiger partial charge in [0.05, 0.1) is 0 Å². The fraction of sp³-hybridized carbons (Fsp3) is 1.00. The van der Waals surface area contributed by atoms with Crippen LogP contribution in [0.15, 0.2) is 0 Å². The molecule has 0 amide bonds.